The van der Waals surface area contributed by atoms with E-state index in [1.165, 1.54) is 0 Å². The summed E-state index contributed by atoms with van der Waals surface area (Å²) in [5, 5.41) is 1.21. The molecule has 2 rings (SSSR count). The van der Waals surface area contributed by atoms with Gasteiger partial charge in [0.1, 0.15) is 0 Å². The fraction of sp³-hybridized carbons (Fsp3) is 0.471. The lowest BCUT2D eigenvalue weighted by molar-refractivity contribution is 0.577. The standard InChI is InChI=1S/C11H11Cl2N3.C4H10.C2H6/c12-8-1-2-9(10(13)5-8)11(14)6-16-4-3-15-7-16;1-4(2)3;1-2/h1-5,7,11H,6,14H2;4H,1-3H3;1-2H3. The molecular formula is C17H27Cl2N3. The molecule has 1 atom stereocenters. The first-order valence-electron chi connectivity index (χ1n) is 7.56. The Labute approximate surface area is 144 Å². The minimum absolute atomic E-state index is 0.168. The number of imidazole rings is 1. The molecule has 124 valence electrons. The summed E-state index contributed by atoms with van der Waals surface area (Å²) in [6.07, 6.45) is 5.31. The Bertz CT molecular complexity index is 508. The molecule has 0 aliphatic rings. The maximum atomic E-state index is 6.08. The number of nitrogens with two attached hydrogens (primary N) is 1. The Balaban J connectivity index is 0.000000640. The van der Waals surface area contributed by atoms with E-state index in [0.29, 0.717) is 16.6 Å². The minimum atomic E-state index is -0.168. The van der Waals surface area contributed by atoms with Gasteiger partial charge in [-0.3, -0.25) is 0 Å². The number of nitrogens with zero attached hydrogens (tertiary/aromatic N) is 2. The summed E-state index contributed by atoms with van der Waals surface area (Å²) in [6.45, 7) is 11.1. The van der Waals surface area contributed by atoms with Crippen molar-refractivity contribution in [3.63, 3.8) is 0 Å². The van der Waals surface area contributed by atoms with E-state index in [9.17, 15) is 0 Å². The normalized spacial score (nSPS) is 11.1. The highest BCUT2D eigenvalue weighted by atomic mass is 35.5. The summed E-state index contributed by atoms with van der Waals surface area (Å²) in [4.78, 5) is 3.96. The van der Waals surface area contributed by atoms with Crippen molar-refractivity contribution in [2.24, 2.45) is 11.7 Å². The molecule has 0 radical (unpaired) electrons. The summed E-state index contributed by atoms with van der Waals surface area (Å²) in [6, 6.07) is 5.17. The average molecular weight is 344 g/mol. The molecule has 3 nitrogen and oxygen atoms in total. The fourth-order valence-electron chi connectivity index (χ4n) is 1.52. The van der Waals surface area contributed by atoms with Crippen LogP contribution in [0.1, 0.15) is 46.2 Å². The molecule has 1 aromatic carbocycles. The van der Waals surface area contributed by atoms with Gasteiger partial charge < -0.3 is 10.3 Å². The van der Waals surface area contributed by atoms with Gasteiger partial charge in [-0.25, -0.2) is 4.98 Å². The van der Waals surface area contributed by atoms with Crippen LogP contribution in [0.5, 0.6) is 0 Å². The lowest BCUT2D eigenvalue weighted by Gasteiger charge is -2.14. The van der Waals surface area contributed by atoms with Crippen molar-refractivity contribution in [1.29, 1.82) is 0 Å². The predicted molar refractivity (Wildman–Crippen MR) is 97.5 cm³/mol. The Hall–Kier alpha value is -1.03. The van der Waals surface area contributed by atoms with Crippen LogP contribution >= 0.6 is 23.2 Å². The minimum Gasteiger partial charge on any atom is -0.336 e. The maximum Gasteiger partial charge on any atom is 0.0946 e. The topological polar surface area (TPSA) is 43.8 Å². The third-order valence-electron chi connectivity index (χ3n) is 2.33. The lowest BCUT2D eigenvalue weighted by atomic mass is 10.1. The van der Waals surface area contributed by atoms with Crippen LogP contribution in [0.2, 0.25) is 10.0 Å². The second kappa shape index (κ2) is 11.5. The highest BCUT2D eigenvalue weighted by Gasteiger charge is 2.10. The van der Waals surface area contributed by atoms with E-state index >= 15 is 0 Å². The Morgan fingerprint density at radius 2 is 1.77 bits per heavy atom. The number of aromatic nitrogens is 2. The van der Waals surface area contributed by atoms with Gasteiger partial charge in [-0.15, -0.1) is 0 Å². The van der Waals surface area contributed by atoms with Gasteiger partial charge in [-0.1, -0.05) is 63.9 Å². The van der Waals surface area contributed by atoms with Crippen LogP contribution in [0, 0.1) is 5.92 Å². The van der Waals surface area contributed by atoms with E-state index in [1.807, 2.05) is 30.7 Å². The van der Waals surface area contributed by atoms with Crippen molar-refractivity contribution in [1.82, 2.24) is 9.55 Å². The largest absolute Gasteiger partial charge is 0.336 e. The fourth-order valence-corrected chi connectivity index (χ4v) is 2.07. The van der Waals surface area contributed by atoms with Gasteiger partial charge in [0.25, 0.3) is 0 Å². The van der Waals surface area contributed by atoms with Crippen LogP contribution in [-0.4, -0.2) is 9.55 Å². The molecule has 0 saturated heterocycles. The maximum absolute atomic E-state index is 6.08. The highest BCUT2D eigenvalue weighted by molar-refractivity contribution is 6.35. The lowest BCUT2D eigenvalue weighted by Crippen LogP contribution is -2.17. The Kier molecular flexibility index (Phi) is 11.0. The monoisotopic (exact) mass is 343 g/mol. The molecule has 1 heterocycles. The van der Waals surface area contributed by atoms with Crippen molar-refractivity contribution in [2.45, 2.75) is 47.2 Å². The summed E-state index contributed by atoms with van der Waals surface area (Å²) in [7, 11) is 0. The molecule has 0 saturated carbocycles. The van der Waals surface area contributed by atoms with Gasteiger partial charge >= 0.3 is 0 Å². The summed E-state index contributed by atoms with van der Waals surface area (Å²) in [5.41, 5.74) is 6.95. The number of halogens is 2. The van der Waals surface area contributed by atoms with Crippen molar-refractivity contribution in [3.05, 3.63) is 52.5 Å². The zero-order chi connectivity index (χ0) is 17.1. The molecule has 1 unspecified atom stereocenters. The zero-order valence-corrected chi connectivity index (χ0v) is 15.6. The van der Waals surface area contributed by atoms with Gasteiger partial charge in [0.2, 0.25) is 0 Å². The molecular weight excluding hydrogens is 317 g/mol. The van der Waals surface area contributed by atoms with E-state index in [1.54, 1.807) is 24.7 Å². The number of benzene rings is 1. The van der Waals surface area contributed by atoms with Crippen molar-refractivity contribution < 1.29 is 0 Å². The average Bonchev–Trinajstić information content (AvgIpc) is 2.93. The van der Waals surface area contributed by atoms with E-state index < -0.39 is 0 Å². The number of hydrogen-bond donors (Lipinski definition) is 1. The molecule has 0 amide bonds. The molecule has 0 fully saturated rings. The van der Waals surface area contributed by atoms with Gasteiger partial charge in [0.05, 0.1) is 6.33 Å². The molecule has 2 N–H and O–H groups in total. The first kappa shape index (κ1) is 21.0. The smallest absolute Gasteiger partial charge is 0.0946 e. The predicted octanol–water partition coefficient (Wildman–Crippen LogP) is 5.58. The van der Waals surface area contributed by atoms with Crippen LogP contribution < -0.4 is 5.73 Å². The van der Waals surface area contributed by atoms with Crippen LogP contribution in [0.25, 0.3) is 0 Å². The molecule has 0 aliphatic carbocycles. The molecule has 22 heavy (non-hydrogen) atoms. The first-order valence-corrected chi connectivity index (χ1v) is 8.32. The Morgan fingerprint density at radius 1 is 1.18 bits per heavy atom. The number of hydrogen-bond acceptors (Lipinski definition) is 2. The summed E-state index contributed by atoms with van der Waals surface area (Å²) >= 11 is 11.9. The molecule has 5 heteroatoms. The van der Waals surface area contributed by atoms with Gasteiger partial charge in [0.15, 0.2) is 0 Å². The van der Waals surface area contributed by atoms with Crippen molar-refractivity contribution in [3.8, 4) is 0 Å². The van der Waals surface area contributed by atoms with E-state index in [4.69, 9.17) is 28.9 Å². The van der Waals surface area contributed by atoms with Gasteiger partial charge in [0, 0.05) is 35.0 Å². The van der Waals surface area contributed by atoms with Crippen molar-refractivity contribution in [2.75, 3.05) is 0 Å². The van der Waals surface area contributed by atoms with E-state index in [2.05, 4.69) is 25.8 Å². The molecule has 2 aromatic rings. The first-order chi connectivity index (χ1) is 10.4. The van der Waals surface area contributed by atoms with Gasteiger partial charge in [-0.05, 0) is 23.6 Å². The van der Waals surface area contributed by atoms with E-state index in [-0.39, 0.29) is 6.04 Å². The summed E-state index contributed by atoms with van der Waals surface area (Å²) < 4.78 is 1.91. The second-order valence-electron chi connectivity index (χ2n) is 5.26. The molecule has 0 spiro atoms. The van der Waals surface area contributed by atoms with E-state index in [0.717, 1.165) is 11.5 Å². The zero-order valence-electron chi connectivity index (χ0n) is 14.1. The van der Waals surface area contributed by atoms with Gasteiger partial charge in [-0.2, -0.15) is 0 Å². The van der Waals surface area contributed by atoms with Crippen LogP contribution in [0.15, 0.2) is 36.9 Å². The SMILES string of the molecule is CC.CC(C)C.NC(Cn1ccnc1)c1ccc(Cl)cc1Cl. The second-order valence-corrected chi connectivity index (χ2v) is 6.11. The van der Waals surface area contributed by atoms with Crippen LogP contribution in [0.4, 0.5) is 0 Å². The molecule has 0 bridgehead atoms. The Morgan fingerprint density at radius 3 is 2.23 bits per heavy atom. The summed E-state index contributed by atoms with van der Waals surface area (Å²) in [5.74, 6) is 0.833. The highest BCUT2D eigenvalue weighted by Crippen LogP contribution is 2.25. The third-order valence-corrected chi connectivity index (χ3v) is 2.89. The third kappa shape index (κ3) is 8.42. The quantitative estimate of drug-likeness (QED) is 0.790. The van der Waals surface area contributed by atoms with Crippen molar-refractivity contribution >= 4 is 23.2 Å². The molecule has 0 aliphatic heterocycles. The molecule has 1 aromatic heterocycles. The number of rotatable bonds is 3. The van der Waals surface area contributed by atoms with Crippen LogP contribution in [0.3, 0.4) is 0 Å². The van der Waals surface area contributed by atoms with Crippen LogP contribution in [-0.2, 0) is 6.54 Å².